The van der Waals surface area contributed by atoms with Crippen molar-refractivity contribution in [2.24, 2.45) is 10.9 Å². The van der Waals surface area contributed by atoms with Crippen LogP contribution in [0.25, 0.3) is 0 Å². The lowest BCUT2D eigenvalue weighted by Crippen LogP contribution is -2.23. The zero-order valence-corrected chi connectivity index (χ0v) is 8.16. The predicted molar refractivity (Wildman–Crippen MR) is 53.1 cm³/mol. The Morgan fingerprint density at radius 2 is 2.50 bits per heavy atom. The Hall–Kier alpha value is -1.40. The van der Waals surface area contributed by atoms with Gasteiger partial charge in [-0.2, -0.15) is 0 Å². The maximum absolute atomic E-state index is 10.9. The molecule has 76 valence electrons. The van der Waals surface area contributed by atoms with Gasteiger partial charge in [0.15, 0.2) is 5.71 Å². The summed E-state index contributed by atoms with van der Waals surface area (Å²) in [5.41, 5.74) is 5.18. The van der Waals surface area contributed by atoms with Crippen molar-refractivity contribution in [2.75, 3.05) is 13.2 Å². The minimum absolute atomic E-state index is 0.0438. The highest BCUT2D eigenvalue weighted by Gasteiger charge is 2.11. The van der Waals surface area contributed by atoms with Gasteiger partial charge in [-0.1, -0.05) is 11.2 Å². The Labute approximate surface area is 84.8 Å². The van der Waals surface area contributed by atoms with E-state index in [0.717, 1.165) is 0 Å². The van der Waals surface area contributed by atoms with Gasteiger partial charge < -0.3 is 15.7 Å². The molecule has 0 fully saturated rings. The smallest absolute Gasteiger partial charge is 0.272 e. The van der Waals surface area contributed by atoms with E-state index in [1.165, 1.54) is 11.3 Å². The number of nitrogens with two attached hydrogens (primary N) is 1. The standard InChI is InChI=1S/C8H10N2O3S/c9-8(12)7(10-13-4-3-11)6-2-1-5-14-6/h1-2,5,11H,3-4H2,(H2,9,12)/b10-7-. The quantitative estimate of drug-likeness (QED) is 0.409. The van der Waals surface area contributed by atoms with E-state index in [0.29, 0.717) is 4.88 Å². The van der Waals surface area contributed by atoms with Crippen LogP contribution in [0.15, 0.2) is 22.7 Å². The Kier molecular flexibility index (Phi) is 4.09. The van der Waals surface area contributed by atoms with E-state index in [1.807, 2.05) is 0 Å². The molecule has 1 aromatic heterocycles. The monoisotopic (exact) mass is 214 g/mol. The van der Waals surface area contributed by atoms with Crippen LogP contribution in [-0.2, 0) is 9.63 Å². The predicted octanol–water partition coefficient (Wildman–Crippen LogP) is -0.0536. The molecule has 0 saturated carbocycles. The molecule has 5 nitrogen and oxygen atoms in total. The third-order valence-electron chi connectivity index (χ3n) is 1.33. The van der Waals surface area contributed by atoms with Crippen LogP contribution < -0.4 is 5.73 Å². The molecule has 3 N–H and O–H groups in total. The van der Waals surface area contributed by atoms with Gasteiger partial charge in [-0.15, -0.1) is 11.3 Å². The summed E-state index contributed by atoms with van der Waals surface area (Å²) in [4.78, 5) is 16.3. The first-order chi connectivity index (χ1) is 6.75. The molecule has 0 aliphatic heterocycles. The number of carbonyl (C=O) groups is 1. The van der Waals surface area contributed by atoms with Crippen molar-refractivity contribution >= 4 is 23.0 Å². The molecule has 0 aliphatic carbocycles. The first-order valence-corrected chi connectivity index (χ1v) is 4.78. The van der Waals surface area contributed by atoms with Gasteiger partial charge in [-0.05, 0) is 11.4 Å². The van der Waals surface area contributed by atoms with Crippen LogP contribution in [0.2, 0.25) is 0 Å². The van der Waals surface area contributed by atoms with Crippen LogP contribution >= 0.6 is 11.3 Å². The van der Waals surface area contributed by atoms with E-state index in [2.05, 4.69) is 9.99 Å². The third-order valence-corrected chi connectivity index (χ3v) is 2.20. The molecule has 1 heterocycles. The highest BCUT2D eigenvalue weighted by atomic mass is 32.1. The van der Waals surface area contributed by atoms with E-state index in [9.17, 15) is 4.79 Å². The van der Waals surface area contributed by atoms with Crippen LogP contribution in [0.5, 0.6) is 0 Å². The maximum atomic E-state index is 10.9. The molecular formula is C8H10N2O3S. The highest BCUT2D eigenvalue weighted by Crippen LogP contribution is 2.10. The molecule has 0 saturated heterocycles. The van der Waals surface area contributed by atoms with Crippen LogP contribution in [0, 0.1) is 0 Å². The topological polar surface area (TPSA) is 84.9 Å². The maximum Gasteiger partial charge on any atom is 0.272 e. The number of aliphatic hydroxyl groups excluding tert-OH is 1. The summed E-state index contributed by atoms with van der Waals surface area (Å²) in [6.45, 7) is -0.109. The molecule has 6 heteroatoms. The van der Waals surface area contributed by atoms with Gasteiger partial charge in [0.05, 0.1) is 11.5 Å². The van der Waals surface area contributed by atoms with Crippen molar-refractivity contribution in [1.29, 1.82) is 0 Å². The lowest BCUT2D eigenvalue weighted by molar-refractivity contribution is -0.112. The number of hydrogen-bond acceptors (Lipinski definition) is 5. The van der Waals surface area contributed by atoms with E-state index in [4.69, 9.17) is 10.8 Å². The van der Waals surface area contributed by atoms with Crippen molar-refractivity contribution in [1.82, 2.24) is 0 Å². The Morgan fingerprint density at radius 3 is 3.00 bits per heavy atom. The van der Waals surface area contributed by atoms with Crippen molar-refractivity contribution in [3.05, 3.63) is 22.4 Å². The minimum atomic E-state index is -0.648. The summed E-state index contributed by atoms with van der Waals surface area (Å²) >= 11 is 1.34. The number of nitrogens with zero attached hydrogens (tertiary/aromatic N) is 1. The molecule has 0 radical (unpaired) electrons. The second kappa shape index (κ2) is 5.36. The number of primary amides is 1. The zero-order valence-electron chi connectivity index (χ0n) is 7.34. The molecular weight excluding hydrogens is 204 g/mol. The largest absolute Gasteiger partial charge is 0.393 e. The van der Waals surface area contributed by atoms with Gasteiger partial charge in [0.25, 0.3) is 5.91 Å². The van der Waals surface area contributed by atoms with Crippen LogP contribution in [0.4, 0.5) is 0 Å². The third kappa shape index (κ3) is 2.82. The highest BCUT2D eigenvalue weighted by molar-refractivity contribution is 7.13. The molecule has 0 spiro atoms. The normalized spacial score (nSPS) is 11.4. The lowest BCUT2D eigenvalue weighted by atomic mass is 10.3. The lowest BCUT2D eigenvalue weighted by Gasteiger charge is -1.99. The second-order valence-corrected chi connectivity index (χ2v) is 3.29. The average Bonchev–Trinajstić information content (AvgIpc) is 2.64. The zero-order chi connectivity index (χ0) is 10.4. The molecule has 0 bridgehead atoms. The molecule has 1 aromatic rings. The van der Waals surface area contributed by atoms with Crippen molar-refractivity contribution in [3.8, 4) is 0 Å². The van der Waals surface area contributed by atoms with E-state index < -0.39 is 5.91 Å². The minimum Gasteiger partial charge on any atom is -0.393 e. The average molecular weight is 214 g/mol. The first-order valence-electron chi connectivity index (χ1n) is 3.90. The Balaban J connectivity index is 2.75. The summed E-state index contributed by atoms with van der Waals surface area (Å²) in [5.74, 6) is -0.648. The van der Waals surface area contributed by atoms with E-state index >= 15 is 0 Å². The Bertz CT molecular complexity index is 321. The summed E-state index contributed by atoms with van der Waals surface area (Å²) in [5, 5.41) is 13.8. The number of hydrogen-bond donors (Lipinski definition) is 2. The van der Waals surface area contributed by atoms with Crippen molar-refractivity contribution in [3.63, 3.8) is 0 Å². The SMILES string of the molecule is NC(=O)/C(=N\OCCO)c1cccs1. The number of rotatable bonds is 5. The molecule has 14 heavy (non-hydrogen) atoms. The van der Waals surface area contributed by atoms with Crippen molar-refractivity contribution in [2.45, 2.75) is 0 Å². The fourth-order valence-electron chi connectivity index (χ4n) is 0.776. The van der Waals surface area contributed by atoms with Crippen LogP contribution in [0.3, 0.4) is 0 Å². The van der Waals surface area contributed by atoms with Gasteiger partial charge >= 0.3 is 0 Å². The van der Waals surface area contributed by atoms with E-state index in [1.54, 1.807) is 17.5 Å². The summed E-state index contributed by atoms with van der Waals surface area (Å²) in [6.07, 6.45) is 0. The van der Waals surface area contributed by atoms with E-state index in [-0.39, 0.29) is 18.9 Å². The van der Waals surface area contributed by atoms with Gasteiger partial charge in [0.1, 0.15) is 6.61 Å². The first kappa shape index (κ1) is 10.7. The molecule has 1 rings (SSSR count). The molecule has 1 amide bonds. The Morgan fingerprint density at radius 1 is 1.71 bits per heavy atom. The van der Waals surface area contributed by atoms with Gasteiger partial charge in [0.2, 0.25) is 0 Å². The molecule has 0 atom stereocenters. The fraction of sp³-hybridized carbons (Fsp3) is 0.250. The molecule has 0 aromatic carbocycles. The fourth-order valence-corrected chi connectivity index (χ4v) is 1.49. The van der Waals surface area contributed by atoms with Gasteiger partial charge in [0, 0.05) is 0 Å². The summed E-state index contributed by atoms with van der Waals surface area (Å²) in [6, 6.07) is 3.50. The number of thiophene rings is 1. The van der Waals surface area contributed by atoms with Gasteiger partial charge in [-0.25, -0.2) is 0 Å². The summed E-state index contributed by atoms with van der Waals surface area (Å²) in [7, 11) is 0. The number of aliphatic hydroxyl groups is 1. The number of carbonyl (C=O) groups excluding carboxylic acids is 1. The second-order valence-electron chi connectivity index (χ2n) is 2.34. The van der Waals surface area contributed by atoms with Crippen LogP contribution in [0.1, 0.15) is 4.88 Å². The molecule has 0 unspecified atom stereocenters. The van der Waals surface area contributed by atoms with Gasteiger partial charge in [-0.3, -0.25) is 4.79 Å². The number of amides is 1. The summed E-state index contributed by atoms with van der Waals surface area (Å²) < 4.78 is 0. The van der Waals surface area contributed by atoms with Crippen molar-refractivity contribution < 1.29 is 14.7 Å². The van der Waals surface area contributed by atoms with Crippen LogP contribution in [-0.4, -0.2) is 29.9 Å². The number of oxime groups is 1. The molecule has 0 aliphatic rings.